The van der Waals surface area contributed by atoms with Gasteiger partial charge in [-0.05, 0) is 25.2 Å². The van der Waals surface area contributed by atoms with Crippen LogP contribution in [0.5, 0.6) is 0 Å². The van der Waals surface area contributed by atoms with Gasteiger partial charge in [-0.25, -0.2) is 0 Å². The summed E-state index contributed by atoms with van der Waals surface area (Å²) >= 11 is 0. The van der Waals surface area contributed by atoms with E-state index in [1.54, 1.807) is 0 Å². The van der Waals surface area contributed by atoms with Crippen LogP contribution in [0.1, 0.15) is 33.1 Å². The SMILES string of the molecule is CCC1CC(C)CC(O)CN1. The van der Waals surface area contributed by atoms with Gasteiger partial charge in [-0.15, -0.1) is 0 Å². The molecule has 0 bridgehead atoms. The molecule has 0 amide bonds. The topological polar surface area (TPSA) is 32.3 Å². The second-order valence-electron chi connectivity index (χ2n) is 3.74. The summed E-state index contributed by atoms with van der Waals surface area (Å²) in [6.07, 6.45) is 3.23. The lowest BCUT2D eigenvalue weighted by atomic mass is 9.97. The third-order valence-corrected chi connectivity index (χ3v) is 2.50. The molecule has 1 fully saturated rings. The van der Waals surface area contributed by atoms with Crippen molar-refractivity contribution < 1.29 is 5.11 Å². The molecule has 0 aromatic rings. The standard InChI is InChI=1S/C9H19NO/c1-3-8-4-7(2)5-9(11)6-10-8/h7-11H,3-6H2,1-2H3. The molecule has 0 aliphatic carbocycles. The smallest absolute Gasteiger partial charge is 0.0667 e. The van der Waals surface area contributed by atoms with Crippen molar-refractivity contribution in [1.29, 1.82) is 0 Å². The zero-order valence-electron chi connectivity index (χ0n) is 7.51. The first-order chi connectivity index (χ1) is 5.22. The van der Waals surface area contributed by atoms with Crippen LogP contribution in [0.15, 0.2) is 0 Å². The molecular formula is C9H19NO. The van der Waals surface area contributed by atoms with Gasteiger partial charge in [0.2, 0.25) is 0 Å². The zero-order chi connectivity index (χ0) is 8.27. The molecule has 0 spiro atoms. The van der Waals surface area contributed by atoms with Crippen molar-refractivity contribution in [1.82, 2.24) is 5.32 Å². The molecule has 66 valence electrons. The van der Waals surface area contributed by atoms with Gasteiger partial charge in [0.15, 0.2) is 0 Å². The van der Waals surface area contributed by atoms with Crippen LogP contribution in [-0.2, 0) is 0 Å². The Labute approximate surface area is 69.0 Å². The lowest BCUT2D eigenvalue weighted by Gasteiger charge is -2.14. The van der Waals surface area contributed by atoms with E-state index in [1.165, 1.54) is 12.8 Å². The molecule has 11 heavy (non-hydrogen) atoms. The molecule has 3 unspecified atom stereocenters. The van der Waals surface area contributed by atoms with Gasteiger partial charge in [0, 0.05) is 12.6 Å². The molecule has 2 heteroatoms. The minimum atomic E-state index is -0.124. The maximum absolute atomic E-state index is 9.41. The minimum Gasteiger partial charge on any atom is -0.392 e. The molecule has 0 radical (unpaired) electrons. The largest absolute Gasteiger partial charge is 0.392 e. The molecule has 1 aliphatic rings. The van der Waals surface area contributed by atoms with E-state index < -0.39 is 0 Å². The maximum Gasteiger partial charge on any atom is 0.0667 e. The summed E-state index contributed by atoms with van der Waals surface area (Å²) in [6.45, 7) is 5.20. The Hall–Kier alpha value is -0.0800. The molecule has 2 nitrogen and oxygen atoms in total. The van der Waals surface area contributed by atoms with Crippen LogP contribution < -0.4 is 5.32 Å². The fourth-order valence-corrected chi connectivity index (χ4v) is 1.83. The fourth-order valence-electron chi connectivity index (χ4n) is 1.83. The molecule has 0 saturated carbocycles. The van der Waals surface area contributed by atoms with Gasteiger partial charge in [-0.3, -0.25) is 0 Å². The lowest BCUT2D eigenvalue weighted by Crippen LogP contribution is -2.31. The van der Waals surface area contributed by atoms with Gasteiger partial charge in [0.1, 0.15) is 0 Å². The Balaban J connectivity index is 2.39. The second-order valence-corrected chi connectivity index (χ2v) is 3.74. The molecule has 3 atom stereocenters. The van der Waals surface area contributed by atoms with Crippen LogP contribution in [0, 0.1) is 5.92 Å². The van der Waals surface area contributed by atoms with Crippen LogP contribution >= 0.6 is 0 Å². The normalized spacial score (nSPS) is 40.1. The Morgan fingerprint density at radius 1 is 1.45 bits per heavy atom. The highest BCUT2D eigenvalue weighted by molar-refractivity contribution is 4.77. The number of hydrogen-bond donors (Lipinski definition) is 2. The van der Waals surface area contributed by atoms with Gasteiger partial charge >= 0.3 is 0 Å². The molecule has 0 aromatic carbocycles. The number of hydrogen-bond acceptors (Lipinski definition) is 2. The Kier molecular flexibility index (Phi) is 3.34. The summed E-state index contributed by atoms with van der Waals surface area (Å²) in [6, 6.07) is 0.627. The van der Waals surface area contributed by atoms with E-state index in [4.69, 9.17) is 0 Å². The van der Waals surface area contributed by atoms with E-state index >= 15 is 0 Å². The molecule has 1 aliphatic heterocycles. The molecular weight excluding hydrogens is 138 g/mol. The Morgan fingerprint density at radius 3 is 2.82 bits per heavy atom. The quantitative estimate of drug-likeness (QED) is 0.598. The van der Waals surface area contributed by atoms with Crippen molar-refractivity contribution in [3.63, 3.8) is 0 Å². The highest BCUT2D eigenvalue weighted by Crippen LogP contribution is 2.17. The third-order valence-electron chi connectivity index (χ3n) is 2.50. The van der Waals surface area contributed by atoms with Crippen molar-refractivity contribution >= 4 is 0 Å². The summed E-state index contributed by atoms with van der Waals surface area (Å²) < 4.78 is 0. The van der Waals surface area contributed by atoms with Crippen LogP contribution in [0.25, 0.3) is 0 Å². The van der Waals surface area contributed by atoms with Crippen molar-refractivity contribution in [3.05, 3.63) is 0 Å². The summed E-state index contributed by atoms with van der Waals surface area (Å²) in [7, 11) is 0. The van der Waals surface area contributed by atoms with E-state index in [0.29, 0.717) is 12.0 Å². The number of β-amino-alcohol motifs (C(OH)–C–C–N with tert-alkyl or cyclic N) is 1. The molecule has 1 saturated heterocycles. The van der Waals surface area contributed by atoms with Crippen LogP contribution in [0.4, 0.5) is 0 Å². The lowest BCUT2D eigenvalue weighted by molar-refractivity contribution is 0.155. The summed E-state index contributed by atoms with van der Waals surface area (Å²) in [5.41, 5.74) is 0. The van der Waals surface area contributed by atoms with E-state index in [0.717, 1.165) is 13.0 Å². The minimum absolute atomic E-state index is 0.124. The van der Waals surface area contributed by atoms with E-state index in [9.17, 15) is 5.11 Å². The first kappa shape index (κ1) is 9.01. The predicted octanol–water partition coefficient (Wildman–Crippen LogP) is 1.15. The van der Waals surface area contributed by atoms with E-state index in [2.05, 4.69) is 19.2 Å². The third kappa shape index (κ3) is 2.80. The monoisotopic (exact) mass is 157 g/mol. The number of aliphatic hydroxyl groups is 1. The van der Waals surface area contributed by atoms with Gasteiger partial charge in [0.05, 0.1) is 6.10 Å². The number of rotatable bonds is 1. The van der Waals surface area contributed by atoms with Crippen LogP contribution in [0.3, 0.4) is 0 Å². The first-order valence-corrected chi connectivity index (χ1v) is 4.63. The highest BCUT2D eigenvalue weighted by atomic mass is 16.3. The zero-order valence-corrected chi connectivity index (χ0v) is 7.51. The van der Waals surface area contributed by atoms with Crippen molar-refractivity contribution in [3.8, 4) is 0 Å². The number of aliphatic hydroxyl groups excluding tert-OH is 1. The van der Waals surface area contributed by atoms with Gasteiger partial charge in [-0.1, -0.05) is 13.8 Å². The summed E-state index contributed by atoms with van der Waals surface area (Å²) in [4.78, 5) is 0. The summed E-state index contributed by atoms with van der Waals surface area (Å²) in [5, 5.41) is 12.8. The molecule has 2 N–H and O–H groups in total. The average molecular weight is 157 g/mol. The van der Waals surface area contributed by atoms with Crippen molar-refractivity contribution in [2.24, 2.45) is 5.92 Å². The maximum atomic E-state index is 9.41. The van der Waals surface area contributed by atoms with Gasteiger partial charge in [0.25, 0.3) is 0 Å². The van der Waals surface area contributed by atoms with E-state index in [-0.39, 0.29) is 6.10 Å². The Morgan fingerprint density at radius 2 is 2.18 bits per heavy atom. The number of nitrogens with one attached hydrogen (secondary N) is 1. The molecule has 1 rings (SSSR count). The van der Waals surface area contributed by atoms with Gasteiger partial charge < -0.3 is 10.4 Å². The molecule has 1 heterocycles. The van der Waals surface area contributed by atoms with Crippen molar-refractivity contribution in [2.75, 3.05) is 6.54 Å². The Bertz CT molecular complexity index is 116. The van der Waals surface area contributed by atoms with Crippen LogP contribution in [0.2, 0.25) is 0 Å². The highest BCUT2D eigenvalue weighted by Gasteiger charge is 2.19. The van der Waals surface area contributed by atoms with E-state index in [1.807, 2.05) is 0 Å². The average Bonchev–Trinajstić information content (AvgIpc) is 2.11. The summed E-state index contributed by atoms with van der Waals surface area (Å²) in [5.74, 6) is 0.671. The van der Waals surface area contributed by atoms with Crippen molar-refractivity contribution in [2.45, 2.75) is 45.3 Å². The first-order valence-electron chi connectivity index (χ1n) is 4.63. The predicted molar refractivity (Wildman–Crippen MR) is 46.5 cm³/mol. The molecule has 0 aromatic heterocycles. The second kappa shape index (κ2) is 4.07. The van der Waals surface area contributed by atoms with Crippen LogP contribution in [-0.4, -0.2) is 23.8 Å². The fraction of sp³-hybridized carbons (Fsp3) is 1.00. The van der Waals surface area contributed by atoms with Gasteiger partial charge in [-0.2, -0.15) is 0 Å².